The van der Waals surface area contributed by atoms with Crippen molar-refractivity contribution in [2.45, 2.75) is 65.0 Å². The summed E-state index contributed by atoms with van der Waals surface area (Å²) in [6, 6.07) is 0.428. The summed E-state index contributed by atoms with van der Waals surface area (Å²) in [4.78, 5) is 0. The van der Waals surface area contributed by atoms with Crippen LogP contribution in [-0.4, -0.2) is 38.5 Å². The summed E-state index contributed by atoms with van der Waals surface area (Å²) >= 11 is 0. The smallest absolute Gasteiger partial charge is 0.0829 e. The van der Waals surface area contributed by atoms with Crippen LogP contribution in [0.2, 0.25) is 0 Å². The van der Waals surface area contributed by atoms with Gasteiger partial charge in [0.15, 0.2) is 0 Å². The van der Waals surface area contributed by atoms with Crippen molar-refractivity contribution in [3.05, 3.63) is 0 Å². The maximum absolute atomic E-state index is 6.07. The third kappa shape index (κ3) is 5.36. The van der Waals surface area contributed by atoms with E-state index in [1.165, 1.54) is 0 Å². The maximum atomic E-state index is 6.07. The second kappa shape index (κ2) is 9.86. The van der Waals surface area contributed by atoms with Crippen molar-refractivity contribution in [1.82, 2.24) is 5.32 Å². The second-order valence-corrected chi connectivity index (χ2v) is 4.45. The molecular weight excluding hydrogens is 214 g/mol. The molecule has 0 radical (unpaired) electrons. The van der Waals surface area contributed by atoms with Crippen LogP contribution in [0.4, 0.5) is 0 Å². The number of nitrogens with one attached hydrogen (secondary N) is 1. The number of methoxy groups -OCH3 is 1. The zero-order valence-corrected chi connectivity index (χ0v) is 12.3. The highest BCUT2D eigenvalue weighted by Gasteiger charge is 2.35. The fourth-order valence-electron chi connectivity index (χ4n) is 2.56. The van der Waals surface area contributed by atoms with Crippen LogP contribution in [0, 0.1) is 0 Å². The minimum absolute atomic E-state index is 0.0154. The van der Waals surface area contributed by atoms with Gasteiger partial charge in [0.1, 0.15) is 0 Å². The molecule has 17 heavy (non-hydrogen) atoms. The fraction of sp³-hybridized carbons (Fsp3) is 1.00. The average molecular weight is 245 g/mol. The highest BCUT2D eigenvalue weighted by atomic mass is 16.5. The van der Waals surface area contributed by atoms with Gasteiger partial charge in [0.05, 0.1) is 5.60 Å². The highest BCUT2D eigenvalue weighted by molar-refractivity contribution is 4.91. The molecule has 1 unspecified atom stereocenters. The van der Waals surface area contributed by atoms with Crippen LogP contribution in [0.15, 0.2) is 0 Å². The molecule has 0 fully saturated rings. The molecule has 0 aromatic heterocycles. The summed E-state index contributed by atoms with van der Waals surface area (Å²) in [5, 5.41) is 3.59. The lowest BCUT2D eigenvalue weighted by Crippen LogP contribution is -2.52. The number of likely N-dealkylation sites (N-methyl/N-ethyl adjacent to an activating group) is 1. The first-order chi connectivity index (χ1) is 8.20. The van der Waals surface area contributed by atoms with Gasteiger partial charge in [-0.3, -0.25) is 0 Å². The number of hydrogen-bond acceptors (Lipinski definition) is 3. The van der Waals surface area contributed by atoms with Crippen LogP contribution in [0.1, 0.15) is 53.4 Å². The number of rotatable bonds is 11. The van der Waals surface area contributed by atoms with Crippen molar-refractivity contribution in [2.24, 2.45) is 0 Å². The third-order valence-electron chi connectivity index (χ3n) is 3.56. The van der Waals surface area contributed by atoms with Gasteiger partial charge in [0, 0.05) is 26.4 Å². The van der Waals surface area contributed by atoms with Gasteiger partial charge in [-0.25, -0.2) is 0 Å². The molecule has 0 aliphatic rings. The van der Waals surface area contributed by atoms with Gasteiger partial charge in [-0.2, -0.15) is 0 Å². The SMILES string of the molecule is CCNC(CCCOC)C(CC)(CC)OCC. The first-order valence-corrected chi connectivity index (χ1v) is 7.06. The summed E-state index contributed by atoms with van der Waals surface area (Å²) in [5.41, 5.74) is -0.0154. The Bertz CT molecular complexity index is 170. The Labute approximate surface area is 107 Å². The van der Waals surface area contributed by atoms with Crippen LogP contribution in [0.25, 0.3) is 0 Å². The van der Waals surface area contributed by atoms with E-state index in [0.29, 0.717) is 6.04 Å². The van der Waals surface area contributed by atoms with E-state index in [2.05, 4.69) is 33.0 Å². The molecule has 0 spiro atoms. The van der Waals surface area contributed by atoms with Crippen LogP contribution < -0.4 is 5.32 Å². The van der Waals surface area contributed by atoms with Gasteiger partial charge in [-0.1, -0.05) is 20.8 Å². The van der Waals surface area contributed by atoms with E-state index < -0.39 is 0 Å². The van der Waals surface area contributed by atoms with Crippen molar-refractivity contribution < 1.29 is 9.47 Å². The molecule has 3 nitrogen and oxygen atoms in total. The highest BCUT2D eigenvalue weighted by Crippen LogP contribution is 2.27. The lowest BCUT2D eigenvalue weighted by Gasteiger charge is -2.40. The molecule has 0 heterocycles. The minimum Gasteiger partial charge on any atom is -0.385 e. The zero-order valence-electron chi connectivity index (χ0n) is 12.3. The van der Waals surface area contributed by atoms with Gasteiger partial charge < -0.3 is 14.8 Å². The molecule has 104 valence electrons. The molecule has 0 aliphatic carbocycles. The Balaban J connectivity index is 4.56. The van der Waals surface area contributed by atoms with Crippen LogP contribution in [0.5, 0.6) is 0 Å². The van der Waals surface area contributed by atoms with E-state index >= 15 is 0 Å². The molecule has 0 aliphatic heterocycles. The van der Waals surface area contributed by atoms with Crippen LogP contribution in [-0.2, 0) is 9.47 Å². The van der Waals surface area contributed by atoms with E-state index in [0.717, 1.165) is 45.4 Å². The lowest BCUT2D eigenvalue weighted by atomic mass is 9.85. The fourth-order valence-corrected chi connectivity index (χ4v) is 2.56. The van der Waals surface area contributed by atoms with Crippen molar-refractivity contribution in [3.8, 4) is 0 Å². The average Bonchev–Trinajstić information content (AvgIpc) is 2.35. The summed E-state index contributed by atoms with van der Waals surface area (Å²) in [6.45, 7) is 11.3. The van der Waals surface area contributed by atoms with Gasteiger partial charge in [0.2, 0.25) is 0 Å². The Morgan fingerprint density at radius 1 is 1.12 bits per heavy atom. The number of ether oxygens (including phenoxy) is 2. The van der Waals surface area contributed by atoms with Crippen molar-refractivity contribution in [2.75, 3.05) is 26.9 Å². The predicted molar refractivity (Wildman–Crippen MR) is 73.5 cm³/mol. The second-order valence-electron chi connectivity index (χ2n) is 4.45. The van der Waals surface area contributed by atoms with Gasteiger partial charge in [-0.15, -0.1) is 0 Å². The third-order valence-corrected chi connectivity index (χ3v) is 3.56. The summed E-state index contributed by atoms with van der Waals surface area (Å²) in [5.74, 6) is 0. The van der Waals surface area contributed by atoms with Crippen molar-refractivity contribution in [1.29, 1.82) is 0 Å². The van der Waals surface area contributed by atoms with E-state index in [4.69, 9.17) is 9.47 Å². The molecule has 0 saturated heterocycles. The van der Waals surface area contributed by atoms with E-state index in [1.54, 1.807) is 7.11 Å². The molecule has 0 amide bonds. The molecule has 0 aromatic rings. The first kappa shape index (κ1) is 16.9. The summed E-state index contributed by atoms with van der Waals surface area (Å²) in [7, 11) is 1.76. The molecule has 1 atom stereocenters. The molecule has 1 N–H and O–H groups in total. The lowest BCUT2D eigenvalue weighted by molar-refractivity contribution is -0.0745. The van der Waals surface area contributed by atoms with Crippen LogP contribution in [0.3, 0.4) is 0 Å². The van der Waals surface area contributed by atoms with E-state index in [1.807, 2.05) is 0 Å². The zero-order chi connectivity index (χ0) is 13.1. The largest absolute Gasteiger partial charge is 0.385 e. The molecule has 0 aromatic carbocycles. The minimum atomic E-state index is -0.0154. The summed E-state index contributed by atoms with van der Waals surface area (Å²) < 4.78 is 11.2. The topological polar surface area (TPSA) is 30.5 Å². The van der Waals surface area contributed by atoms with Gasteiger partial charge >= 0.3 is 0 Å². The normalized spacial score (nSPS) is 13.9. The van der Waals surface area contributed by atoms with Crippen LogP contribution >= 0.6 is 0 Å². The Morgan fingerprint density at radius 2 is 1.76 bits per heavy atom. The molecule has 3 heteroatoms. The number of hydrogen-bond donors (Lipinski definition) is 1. The van der Waals surface area contributed by atoms with Gasteiger partial charge in [-0.05, 0) is 39.2 Å². The quantitative estimate of drug-likeness (QED) is 0.568. The Hall–Kier alpha value is -0.120. The maximum Gasteiger partial charge on any atom is 0.0829 e. The summed E-state index contributed by atoms with van der Waals surface area (Å²) in [6.07, 6.45) is 4.32. The van der Waals surface area contributed by atoms with Crippen molar-refractivity contribution in [3.63, 3.8) is 0 Å². The predicted octanol–water partition coefficient (Wildman–Crippen LogP) is 2.99. The molecule has 0 bridgehead atoms. The van der Waals surface area contributed by atoms with E-state index in [9.17, 15) is 0 Å². The van der Waals surface area contributed by atoms with Gasteiger partial charge in [0.25, 0.3) is 0 Å². The molecular formula is C14H31NO2. The molecule has 0 saturated carbocycles. The Morgan fingerprint density at radius 3 is 2.18 bits per heavy atom. The van der Waals surface area contributed by atoms with Crippen molar-refractivity contribution >= 4 is 0 Å². The molecule has 0 rings (SSSR count). The van der Waals surface area contributed by atoms with E-state index in [-0.39, 0.29) is 5.60 Å². The first-order valence-electron chi connectivity index (χ1n) is 7.06. The Kier molecular flexibility index (Phi) is 9.79. The monoisotopic (exact) mass is 245 g/mol. The standard InChI is InChI=1S/C14H31NO2/c1-6-14(7-2,17-9-4)13(15-8-3)11-10-12-16-5/h13,15H,6-12H2,1-5H3.